The molecule has 1 aliphatic heterocycles. The van der Waals surface area contributed by atoms with Crippen molar-refractivity contribution in [2.24, 2.45) is 10.9 Å². The first kappa shape index (κ1) is 28.3. The minimum atomic E-state index is -0.451. The number of guanidine groups is 1. The highest BCUT2D eigenvalue weighted by Gasteiger charge is 2.25. The van der Waals surface area contributed by atoms with E-state index in [9.17, 15) is 4.79 Å². The summed E-state index contributed by atoms with van der Waals surface area (Å²) in [5, 5.41) is 10.0. The van der Waals surface area contributed by atoms with Crippen LogP contribution in [0.3, 0.4) is 0 Å². The zero-order chi connectivity index (χ0) is 22.0. The summed E-state index contributed by atoms with van der Waals surface area (Å²) in [6, 6.07) is 0.610. The molecule has 7 nitrogen and oxygen atoms in total. The van der Waals surface area contributed by atoms with E-state index in [1.807, 2.05) is 20.8 Å². The maximum Gasteiger partial charge on any atom is 0.407 e. The third-order valence-corrected chi connectivity index (χ3v) is 6.09. The molecule has 1 heterocycles. The number of carbonyl (C=O) groups is 1. The fourth-order valence-electron chi connectivity index (χ4n) is 4.32. The van der Waals surface area contributed by atoms with Gasteiger partial charge in [-0.05, 0) is 98.2 Å². The zero-order valence-corrected chi connectivity index (χ0v) is 22.7. The highest BCUT2D eigenvalue weighted by molar-refractivity contribution is 14.0. The summed E-state index contributed by atoms with van der Waals surface area (Å²) in [7, 11) is 0. The number of halogens is 1. The van der Waals surface area contributed by atoms with Gasteiger partial charge in [-0.15, -0.1) is 24.0 Å². The van der Waals surface area contributed by atoms with Crippen LogP contribution in [0.4, 0.5) is 4.79 Å². The molecule has 2 aliphatic rings. The standard InChI is InChI=1S/C23H45N5O2.HI/c1-6-24-21(25-15-12-18-13-16-28(7-2)17-14-18)26-19-8-10-20(11-9-19)27-22(29)30-23(3,4)5;/h18-20H,6-17H2,1-5H3,(H,27,29)(H2,24,25,26);1H. The summed E-state index contributed by atoms with van der Waals surface area (Å²) >= 11 is 0. The van der Waals surface area contributed by atoms with Crippen molar-refractivity contribution in [1.82, 2.24) is 20.9 Å². The molecule has 1 amide bonds. The molecule has 8 heteroatoms. The lowest BCUT2D eigenvalue weighted by molar-refractivity contribution is 0.0490. The number of ether oxygens (including phenoxy) is 1. The molecule has 0 aromatic rings. The van der Waals surface area contributed by atoms with E-state index >= 15 is 0 Å². The van der Waals surface area contributed by atoms with Gasteiger partial charge in [-0.2, -0.15) is 0 Å². The van der Waals surface area contributed by atoms with Gasteiger partial charge in [0.25, 0.3) is 0 Å². The Morgan fingerprint density at radius 2 is 1.58 bits per heavy atom. The summed E-state index contributed by atoms with van der Waals surface area (Å²) in [4.78, 5) is 19.4. The average Bonchev–Trinajstić information content (AvgIpc) is 2.68. The van der Waals surface area contributed by atoms with Gasteiger partial charge in [0.15, 0.2) is 5.96 Å². The van der Waals surface area contributed by atoms with Gasteiger partial charge >= 0.3 is 6.09 Å². The highest BCUT2D eigenvalue weighted by Crippen LogP contribution is 2.21. The van der Waals surface area contributed by atoms with Crippen molar-refractivity contribution in [2.45, 2.75) is 97.2 Å². The second kappa shape index (κ2) is 14.4. The Morgan fingerprint density at radius 3 is 2.10 bits per heavy atom. The van der Waals surface area contributed by atoms with Gasteiger partial charge < -0.3 is 25.6 Å². The number of nitrogens with one attached hydrogen (secondary N) is 3. The average molecular weight is 552 g/mol. The number of carbonyl (C=O) groups excluding carboxylic acids is 1. The van der Waals surface area contributed by atoms with E-state index in [0.717, 1.165) is 50.7 Å². The summed E-state index contributed by atoms with van der Waals surface area (Å²) in [5.41, 5.74) is -0.451. The lowest BCUT2D eigenvalue weighted by Gasteiger charge is -2.31. The Hall–Kier alpha value is -0.770. The summed E-state index contributed by atoms with van der Waals surface area (Å²) in [6.07, 6.45) is 7.47. The molecule has 0 aromatic heterocycles. The van der Waals surface area contributed by atoms with Crippen molar-refractivity contribution in [1.29, 1.82) is 0 Å². The number of hydrogen-bond acceptors (Lipinski definition) is 4. The summed E-state index contributed by atoms with van der Waals surface area (Å²) < 4.78 is 5.37. The van der Waals surface area contributed by atoms with E-state index in [4.69, 9.17) is 9.73 Å². The van der Waals surface area contributed by atoms with Crippen LogP contribution in [-0.2, 0) is 4.74 Å². The molecule has 0 aromatic carbocycles. The van der Waals surface area contributed by atoms with Crippen LogP contribution in [0.25, 0.3) is 0 Å². The second-order valence-corrected chi connectivity index (χ2v) is 9.77. The normalized spacial score (nSPS) is 23.6. The van der Waals surface area contributed by atoms with E-state index in [1.54, 1.807) is 0 Å². The fourth-order valence-corrected chi connectivity index (χ4v) is 4.32. The Labute approximate surface area is 206 Å². The number of hydrogen-bond donors (Lipinski definition) is 3. The quantitative estimate of drug-likeness (QED) is 0.252. The fraction of sp³-hybridized carbons (Fsp3) is 0.913. The van der Waals surface area contributed by atoms with Crippen molar-refractivity contribution in [3.63, 3.8) is 0 Å². The minimum Gasteiger partial charge on any atom is -0.444 e. The molecule has 1 saturated heterocycles. The van der Waals surface area contributed by atoms with Crippen LogP contribution >= 0.6 is 24.0 Å². The molecule has 2 rings (SSSR count). The van der Waals surface area contributed by atoms with Crippen molar-refractivity contribution < 1.29 is 9.53 Å². The molecule has 0 atom stereocenters. The number of aliphatic imine (C=N–C) groups is 1. The van der Waals surface area contributed by atoms with E-state index < -0.39 is 5.60 Å². The van der Waals surface area contributed by atoms with E-state index in [0.29, 0.717) is 6.04 Å². The maximum atomic E-state index is 12.0. The van der Waals surface area contributed by atoms with Gasteiger partial charge in [-0.25, -0.2) is 4.79 Å². The molecular formula is C23H46IN5O2. The van der Waals surface area contributed by atoms with Gasteiger partial charge in [-0.3, -0.25) is 4.99 Å². The Morgan fingerprint density at radius 1 is 1.00 bits per heavy atom. The van der Waals surface area contributed by atoms with E-state index in [1.165, 1.54) is 38.9 Å². The lowest BCUT2D eigenvalue weighted by Crippen LogP contribution is -2.48. The molecule has 0 unspecified atom stereocenters. The van der Waals surface area contributed by atoms with Gasteiger partial charge in [0.1, 0.15) is 5.60 Å². The van der Waals surface area contributed by atoms with E-state index in [2.05, 4.69) is 34.7 Å². The number of alkyl carbamates (subject to hydrolysis) is 1. The number of nitrogens with zero attached hydrogens (tertiary/aromatic N) is 2. The first-order valence-electron chi connectivity index (χ1n) is 12.1. The molecule has 0 radical (unpaired) electrons. The summed E-state index contributed by atoms with van der Waals surface area (Å²) in [6.45, 7) is 15.5. The number of piperidine rings is 1. The third kappa shape index (κ3) is 11.6. The number of rotatable bonds is 7. The molecule has 1 aliphatic carbocycles. The van der Waals surface area contributed by atoms with Crippen LogP contribution in [0.1, 0.15) is 79.6 Å². The Kier molecular flexibility index (Phi) is 13.1. The zero-order valence-electron chi connectivity index (χ0n) is 20.3. The van der Waals surface area contributed by atoms with Crippen LogP contribution in [-0.4, -0.2) is 67.4 Å². The maximum absolute atomic E-state index is 12.0. The SMILES string of the molecule is CCNC(=NCCC1CCN(CC)CC1)NC1CCC(NC(=O)OC(C)(C)C)CC1.I. The van der Waals surface area contributed by atoms with Crippen LogP contribution in [0.15, 0.2) is 4.99 Å². The Balaban J connectivity index is 0.00000480. The van der Waals surface area contributed by atoms with Gasteiger partial charge in [-0.1, -0.05) is 6.92 Å². The molecule has 182 valence electrons. The van der Waals surface area contributed by atoms with Gasteiger partial charge in [0.2, 0.25) is 0 Å². The molecule has 0 bridgehead atoms. The second-order valence-electron chi connectivity index (χ2n) is 9.77. The molecule has 31 heavy (non-hydrogen) atoms. The first-order chi connectivity index (χ1) is 14.3. The summed E-state index contributed by atoms with van der Waals surface area (Å²) in [5.74, 6) is 1.75. The number of likely N-dealkylation sites (tertiary alicyclic amines) is 1. The topological polar surface area (TPSA) is 78.0 Å². The third-order valence-electron chi connectivity index (χ3n) is 6.09. The first-order valence-corrected chi connectivity index (χ1v) is 12.1. The van der Waals surface area contributed by atoms with Crippen LogP contribution < -0.4 is 16.0 Å². The number of amides is 1. The lowest BCUT2D eigenvalue weighted by atomic mass is 9.91. The van der Waals surface area contributed by atoms with Crippen molar-refractivity contribution >= 4 is 36.0 Å². The van der Waals surface area contributed by atoms with Crippen LogP contribution in [0, 0.1) is 5.92 Å². The van der Waals surface area contributed by atoms with Gasteiger partial charge in [0, 0.05) is 25.2 Å². The smallest absolute Gasteiger partial charge is 0.407 e. The van der Waals surface area contributed by atoms with Crippen molar-refractivity contribution in [3.8, 4) is 0 Å². The minimum absolute atomic E-state index is 0. The molecule has 1 saturated carbocycles. The molecule has 0 spiro atoms. The predicted octanol–water partition coefficient (Wildman–Crippen LogP) is 4.12. The van der Waals surface area contributed by atoms with Gasteiger partial charge in [0.05, 0.1) is 0 Å². The van der Waals surface area contributed by atoms with Crippen molar-refractivity contribution in [3.05, 3.63) is 0 Å². The Bertz CT molecular complexity index is 537. The monoisotopic (exact) mass is 551 g/mol. The predicted molar refractivity (Wildman–Crippen MR) is 139 cm³/mol. The van der Waals surface area contributed by atoms with Crippen molar-refractivity contribution in [2.75, 3.05) is 32.7 Å². The molecule has 2 fully saturated rings. The van der Waals surface area contributed by atoms with Crippen LogP contribution in [0.2, 0.25) is 0 Å². The van der Waals surface area contributed by atoms with Crippen LogP contribution in [0.5, 0.6) is 0 Å². The highest BCUT2D eigenvalue weighted by atomic mass is 127. The largest absolute Gasteiger partial charge is 0.444 e. The van der Waals surface area contributed by atoms with E-state index in [-0.39, 0.29) is 36.1 Å². The molecule has 3 N–H and O–H groups in total. The molecular weight excluding hydrogens is 505 g/mol.